The Hall–Kier alpha value is -2.37. The summed E-state index contributed by atoms with van der Waals surface area (Å²) >= 11 is 9.45. The minimum atomic E-state index is -0.171. The Kier molecular flexibility index (Phi) is 6.37. The van der Waals surface area contributed by atoms with Gasteiger partial charge in [-0.05, 0) is 62.2 Å². The van der Waals surface area contributed by atoms with E-state index in [1.165, 1.54) is 5.56 Å². The number of amides is 1. The fourth-order valence-electron chi connectivity index (χ4n) is 3.04. The second kappa shape index (κ2) is 8.76. The zero-order valence-corrected chi connectivity index (χ0v) is 18.3. The lowest BCUT2D eigenvalue weighted by molar-refractivity contribution is -0.120. The van der Waals surface area contributed by atoms with Gasteiger partial charge in [-0.3, -0.25) is 4.79 Å². The molecule has 0 aliphatic rings. The van der Waals surface area contributed by atoms with E-state index in [9.17, 15) is 4.79 Å². The molecule has 1 heterocycles. The first-order valence-electron chi connectivity index (χ1n) is 8.87. The number of carbonyl (C=O) groups excluding carboxylic acids is 1. The number of nitrogens with one attached hydrogen (secondary N) is 1. The van der Waals surface area contributed by atoms with Gasteiger partial charge in [-0.2, -0.15) is 5.10 Å². The van der Waals surface area contributed by atoms with E-state index in [0.717, 1.165) is 32.7 Å². The lowest BCUT2D eigenvalue weighted by Gasteiger charge is -2.11. The summed E-state index contributed by atoms with van der Waals surface area (Å²) in [4.78, 5) is 12.1. The largest absolute Gasteiger partial charge is 0.318 e. The van der Waals surface area contributed by atoms with Crippen molar-refractivity contribution in [1.29, 1.82) is 0 Å². The number of benzene rings is 2. The number of halogens is 2. The third-order valence-corrected chi connectivity index (χ3v) is 5.66. The van der Waals surface area contributed by atoms with Crippen molar-refractivity contribution in [1.82, 2.24) is 9.99 Å². The molecule has 28 heavy (non-hydrogen) atoms. The Bertz CT molecular complexity index is 1040. The van der Waals surface area contributed by atoms with Crippen LogP contribution >= 0.6 is 27.5 Å². The van der Waals surface area contributed by atoms with Crippen LogP contribution in [0.5, 0.6) is 0 Å². The maximum Gasteiger partial charge on any atom is 0.244 e. The molecular formula is C22H21BrClN3O. The van der Waals surface area contributed by atoms with Gasteiger partial charge in [0.2, 0.25) is 5.91 Å². The number of aromatic nitrogens is 1. The Morgan fingerprint density at radius 2 is 1.86 bits per heavy atom. The topological polar surface area (TPSA) is 46.4 Å². The molecule has 0 aliphatic carbocycles. The predicted molar refractivity (Wildman–Crippen MR) is 119 cm³/mol. The van der Waals surface area contributed by atoms with Crippen molar-refractivity contribution in [2.45, 2.75) is 27.2 Å². The van der Waals surface area contributed by atoms with E-state index < -0.39 is 0 Å². The van der Waals surface area contributed by atoms with Crippen LogP contribution in [0.2, 0.25) is 5.02 Å². The molecule has 6 heteroatoms. The lowest BCUT2D eigenvalue weighted by Crippen LogP contribution is -2.19. The number of nitrogens with zero attached hydrogens (tertiary/aromatic N) is 2. The highest BCUT2D eigenvalue weighted by Crippen LogP contribution is 2.24. The summed E-state index contributed by atoms with van der Waals surface area (Å²) < 4.78 is 3.24. The molecule has 0 radical (unpaired) electrons. The van der Waals surface area contributed by atoms with Gasteiger partial charge >= 0.3 is 0 Å². The first kappa shape index (κ1) is 20.4. The van der Waals surface area contributed by atoms with Crippen LogP contribution < -0.4 is 5.43 Å². The summed E-state index contributed by atoms with van der Waals surface area (Å²) in [6.07, 6.45) is 1.94. The molecule has 3 rings (SSSR count). The third-order valence-electron chi connectivity index (χ3n) is 4.55. The van der Waals surface area contributed by atoms with Gasteiger partial charge < -0.3 is 4.57 Å². The molecule has 0 saturated carbocycles. The summed E-state index contributed by atoms with van der Waals surface area (Å²) in [5, 5.41) is 4.77. The van der Waals surface area contributed by atoms with E-state index in [1.54, 1.807) is 18.3 Å². The number of hydrazone groups is 1. The van der Waals surface area contributed by atoms with Crippen molar-refractivity contribution in [3.8, 4) is 5.69 Å². The van der Waals surface area contributed by atoms with Gasteiger partial charge in [-0.1, -0.05) is 45.7 Å². The Morgan fingerprint density at radius 3 is 2.54 bits per heavy atom. The molecule has 1 amide bonds. The van der Waals surface area contributed by atoms with E-state index in [-0.39, 0.29) is 12.3 Å². The molecule has 144 valence electrons. The van der Waals surface area contributed by atoms with Crippen molar-refractivity contribution in [2.75, 3.05) is 0 Å². The molecule has 3 aromatic rings. The van der Waals surface area contributed by atoms with Crippen LogP contribution in [0.1, 0.15) is 28.1 Å². The van der Waals surface area contributed by atoms with Gasteiger partial charge in [0.15, 0.2) is 0 Å². The number of rotatable bonds is 5. The summed E-state index contributed by atoms with van der Waals surface area (Å²) in [5.41, 5.74) is 8.87. The second-order valence-corrected chi connectivity index (χ2v) is 7.98. The van der Waals surface area contributed by atoms with E-state index in [1.807, 2.05) is 19.1 Å². The maximum atomic E-state index is 12.1. The summed E-state index contributed by atoms with van der Waals surface area (Å²) in [6.45, 7) is 6.16. The third kappa shape index (κ3) is 4.72. The van der Waals surface area contributed by atoms with Crippen molar-refractivity contribution < 1.29 is 4.79 Å². The minimum Gasteiger partial charge on any atom is -0.318 e. The van der Waals surface area contributed by atoms with Gasteiger partial charge in [0.05, 0.1) is 12.6 Å². The van der Waals surface area contributed by atoms with E-state index in [2.05, 4.69) is 69.1 Å². The minimum absolute atomic E-state index is 0.171. The van der Waals surface area contributed by atoms with Gasteiger partial charge in [0.1, 0.15) is 0 Å². The van der Waals surface area contributed by atoms with Gasteiger partial charge in [0.25, 0.3) is 0 Å². The number of aryl methyl sites for hydroxylation is 2. The molecule has 2 aromatic carbocycles. The van der Waals surface area contributed by atoms with Crippen LogP contribution in [0.3, 0.4) is 0 Å². The SMILES string of the molecule is Cc1ccc(-n2c(C)cc(/C=N\NC(=O)Cc3ccc(Cl)cc3)c2C)cc1Br. The molecule has 0 bridgehead atoms. The van der Waals surface area contributed by atoms with Crippen LogP contribution in [0, 0.1) is 20.8 Å². The fraction of sp³-hybridized carbons (Fsp3) is 0.182. The molecule has 4 nitrogen and oxygen atoms in total. The second-order valence-electron chi connectivity index (χ2n) is 6.69. The van der Waals surface area contributed by atoms with Crippen molar-refractivity contribution in [3.05, 3.63) is 86.1 Å². The van der Waals surface area contributed by atoms with Crippen molar-refractivity contribution in [2.24, 2.45) is 5.10 Å². The standard InChI is InChI=1S/C22H21BrClN3O/c1-14-4-9-20(12-21(14)23)27-15(2)10-18(16(27)3)13-25-26-22(28)11-17-5-7-19(24)8-6-17/h4-10,12-13H,11H2,1-3H3,(H,26,28)/b25-13-. The summed E-state index contributed by atoms with van der Waals surface area (Å²) in [7, 11) is 0. The van der Waals surface area contributed by atoms with E-state index in [4.69, 9.17) is 11.6 Å². The highest BCUT2D eigenvalue weighted by Gasteiger charge is 2.10. The summed E-state index contributed by atoms with van der Waals surface area (Å²) in [6, 6.07) is 15.5. The van der Waals surface area contributed by atoms with Crippen LogP contribution in [0.4, 0.5) is 0 Å². The number of hydrogen-bond acceptors (Lipinski definition) is 2. The predicted octanol–water partition coefficient (Wildman–Crippen LogP) is 5.51. The Morgan fingerprint density at radius 1 is 1.14 bits per heavy atom. The fourth-order valence-corrected chi connectivity index (χ4v) is 3.53. The van der Waals surface area contributed by atoms with E-state index in [0.29, 0.717) is 5.02 Å². The first-order valence-corrected chi connectivity index (χ1v) is 10.0. The van der Waals surface area contributed by atoms with E-state index >= 15 is 0 Å². The molecule has 0 fully saturated rings. The van der Waals surface area contributed by atoms with Crippen LogP contribution in [-0.4, -0.2) is 16.7 Å². The number of carbonyl (C=O) groups is 1. The summed E-state index contributed by atoms with van der Waals surface area (Å²) in [5.74, 6) is -0.171. The molecule has 0 spiro atoms. The zero-order valence-electron chi connectivity index (χ0n) is 16.0. The quantitative estimate of drug-likeness (QED) is 0.397. The zero-order chi connectivity index (χ0) is 20.3. The van der Waals surface area contributed by atoms with Gasteiger partial charge in [-0.25, -0.2) is 5.43 Å². The molecule has 0 atom stereocenters. The Labute approximate surface area is 178 Å². The van der Waals surface area contributed by atoms with Gasteiger partial charge in [-0.15, -0.1) is 0 Å². The van der Waals surface area contributed by atoms with Crippen LogP contribution in [0.15, 0.2) is 58.1 Å². The molecule has 0 saturated heterocycles. The average Bonchev–Trinajstić information content (AvgIpc) is 2.93. The first-order chi connectivity index (χ1) is 13.3. The highest BCUT2D eigenvalue weighted by molar-refractivity contribution is 9.10. The molecule has 1 N–H and O–H groups in total. The molecule has 1 aromatic heterocycles. The van der Waals surface area contributed by atoms with Crippen molar-refractivity contribution >= 4 is 39.7 Å². The smallest absolute Gasteiger partial charge is 0.244 e. The van der Waals surface area contributed by atoms with Gasteiger partial charge in [0, 0.05) is 32.1 Å². The normalized spacial score (nSPS) is 11.2. The molecule has 0 unspecified atom stereocenters. The van der Waals surface area contributed by atoms with Crippen molar-refractivity contribution in [3.63, 3.8) is 0 Å². The monoisotopic (exact) mass is 457 g/mol. The van der Waals surface area contributed by atoms with Crippen LogP contribution in [0.25, 0.3) is 5.69 Å². The lowest BCUT2D eigenvalue weighted by atomic mass is 10.1. The molecular weight excluding hydrogens is 438 g/mol. The number of hydrogen-bond donors (Lipinski definition) is 1. The Balaban J connectivity index is 1.71. The molecule has 0 aliphatic heterocycles. The highest BCUT2D eigenvalue weighted by atomic mass is 79.9. The maximum absolute atomic E-state index is 12.1. The van der Waals surface area contributed by atoms with Crippen LogP contribution in [-0.2, 0) is 11.2 Å². The average molecular weight is 459 g/mol.